The zero-order valence-corrected chi connectivity index (χ0v) is 17.0. The summed E-state index contributed by atoms with van der Waals surface area (Å²) in [5.41, 5.74) is 11.8. The van der Waals surface area contributed by atoms with Crippen molar-refractivity contribution < 1.29 is 9.59 Å². The highest BCUT2D eigenvalue weighted by molar-refractivity contribution is 6.09. The number of primary amides is 1. The van der Waals surface area contributed by atoms with E-state index in [1.165, 1.54) is 24.1 Å². The zero-order chi connectivity index (χ0) is 20.7. The third-order valence-electron chi connectivity index (χ3n) is 6.34. The second kappa shape index (κ2) is 7.52. The van der Waals surface area contributed by atoms with Gasteiger partial charge in [-0.15, -0.1) is 0 Å². The third kappa shape index (κ3) is 3.32. The molecule has 1 aliphatic carbocycles. The minimum absolute atomic E-state index is 0.176. The average Bonchev–Trinajstić information content (AvgIpc) is 3.41. The van der Waals surface area contributed by atoms with Gasteiger partial charge in [-0.25, -0.2) is 0 Å². The van der Waals surface area contributed by atoms with Gasteiger partial charge in [-0.3, -0.25) is 9.59 Å². The molecule has 2 heterocycles. The number of nitrogens with two attached hydrogens (primary N) is 1. The molecule has 154 valence electrons. The lowest BCUT2D eigenvalue weighted by atomic mass is 9.95. The molecule has 30 heavy (non-hydrogen) atoms. The smallest absolute Gasteiger partial charge is 0.255 e. The van der Waals surface area contributed by atoms with Crippen LogP contribution < -0.4 is 16.0 Å². The van der Waals surface area contributed by atoms with Crippen molar-refractivity contribution in [3.63, 3.8) is 0 Å². The van der Waals surface area contributed by atoms with E-state index in [2.05, 4.69) is 15.2 Å². The van der Waals surface area contributed by atoms with Gasteiger partial charge in [0.2, 0.25) is 5.91 Å². The molecule has 4 N–H and O–H groups in total. The Hall–Kier alpha value is -3.28. The number of hydrogen-bond acceptors (Lipinski definition) is 3. The van der Waals surface area contributed by atoms with Crippen LogP contribution in [0.1, 0.15) is 57.7 Å². The molecule has 0 atom stereocenters. The molecule has 1 aliphatic heterocycles. The lowest BCUT2D eigenvalue weighted by Crippen LogP contribution is -2.22. The van der Waals surface area contributed by atoms with Gasteiger partial charge in [0.15, 0.2) is 0 Å². The van der Waals surface area contributed by atoms with Gasteiger partial charge in [-0.2, -0.15) is 0 Å². The van der Waals surface area contributed by atoms with Crippen molar-refractivity contribution in [2.75, 3.05) is 23.3 Å². The molecule has 2 amide bonds. The second-order valence-corrected chi connectivity index (χ2v) is 8.29. The molecule has 0 saturated carbocycles. The quantitative estimate of drug-likeness (QED) is 0.616. The monoisotopic (exact) mass is 402 g/mol. The van der Waals surface area contributed by atoms with Crippen LogP contribution in [0.25, 0.3) is 10.9 Å². The average molecular weight is 402 g/mol. The molecule has 0 radical (unpaired) electrons. The Balaban J connectivity index is 1.48. The number of amides is 2. The molecule has 0 spiro atoms. The van der Waals surface area contributed by atoms with Gasteiger partial charge >= 0.3 is 0 Å². The van der Waals surface area contributed by atoms with Gasteiger partial charge in [-0.05, 0) is 80.5 Å². The number of benzene rings is 2. The number of aryl methyl sites for hydroxylation is 2. The normalized spacial score (nSPS) is 15.9. The van der Waals surface area contributed by atoms with Gasteiger partial charge in [0.05, 0.1) is 11.4 Å². The lowest BCUT2D eigenvalue weighted by Gasteiger charge is -2.22. The van der Waals surface area contributed by atoms with E-state index in [0.717, 1.165) is 55.4 Å². The number of rotatable bonds is 4. The van der Waals surface area contributed by atoms with Gasteiger partial charge in [-0.1, -0.05) is 0 Å². The van der Waals surface area contributed by atoms with E-state index >= 15 is 0 Å². The summed E-state index contributed by atoms with van der Waals surface area (Å²) in [6.45, 7) is 1.89. The first-order valence-corrected chi connectivity index (χ1v) is 10.7. The molecule has 1 fully saturated rings. The van der Waals surface area contributed by atoms with E-state index < -0.39 is 5.91 Å². The van der Waals surface area contributed by atoms with Crippen LogP contribution >= 0.6 is 0 Å². The van der Waals surface area contributed by atoms with Crippen LogP contribution in [0.3, 0.4) is 0 Å². The predicted octanol–water partition coefficient (Wildman–Crippen LogP) is 4.00. The van der Waals surface area contributed by atoms with Gasteiger partial charge < -0.3 is 20.9 Å². The molecule has 3 aromatic rings. The second-order valence-electron chi connectivity index (χ2n) is 8.29. The van der Waals surface area contributed by atoms with Crippen molar-refractivity contribution in [1.29, 1.82) is 0 Å². The minimum Gasteiger partial charge on any atom is -0.370 e. The largest absolute Gasteiger partial charge is 0.370 e. The Bertz CT molecular complexity index is 1140. The third-order valence-corrected chi connectivity index (χ3v) is 6.34. The number of nitrogens with one attached hydrogen (secondary N) is 2. The maximum Gasteiger partial charge on any atom is 0.255 e. The van der Waals surface area contributed by atoms with Crippen molar-refractivity contribution in [3.8, 4) is 0 Å². The van der Waals surface area contributed by atoms with E-state index in [1.54, 1.807) is 12.1 Å². The fourth-order valence-corrected chi connectivity index (χ4v) is 4.76. The van der Waals surface area contributed by atoms with E-state index in [-0.39, 0.29) is 5.91 Å². The van der Waals surface area contributed by atoms with Crippen LogP contribution in [-0.2, 0) is 12.8 Å². The van der Waals surface area contributed by atoms with Crippen molar-refractivity contribution in [2.24, 2.45) is 5.73 Å². The first-order valence-electron chi connectivity index (χ1n) is 10.7. The summed E-state index contributed by atoms with van der Waals surface area (Å²) in [6, 6.07) is 11.1. The molecule has 6 heteroatoms. The first kappa shape index (κ1) is 18.7. The number of nitrogens with zero attached hydrogens (tertiary/aromatic N) is 1. The molecular formula is C24H26N4O2. The number of aromatic nitrogens is 1. The molecule has 5 rings (SSSR count). The van der Waals surface area contributed by atoms with Crippen LogP contribution in [0.2, 0.25) is 0 Å². The van der Waals surface area contributed by atoms with Crippen LogP contribution in [0.4, 0.5) is 11.4 Å². The fraction of sp³-hybridized carbons (Fsp3) is 0.333. The van der Waals surface area contributed by atoms with Gasteiger partial charge in [0, 0.05) is 40.8 Å². The van der Waals surface area contributed by atoms with Crippen molar-refractivity contribution in [3.05, 3.63) is 58.8 Å². The number of H-pyrrole nitrogens is 1. The molecule has 2 aliphatic rings. The Morgan fingerprint density at radius 3 is 2.50 bits per heavy atom. The molecule has 6 nitrogen and oxygen atoms in total. The molecule has 1 aromatic heterocycles. The molecule has 1 saturated heterocycles. The topological polar surface area (TPSA) is 91.2 Å². The SMILES string of the molecule is NC(=O)c1ccc(N2CCCC2)c(NC(=O)c2ccc3[nH]c4c(c3c2)CCCC4)c1. The first-order chi connectivity index (χ1) is 14.6. The zero-order valence-electron chi connectivity index (χ0n) is 17.0. The van der Waals surface area contributed by atoms with Crippen LogP contribution in [0.5, 0.6) is 0 Å². The molecule has 0 unspecified atom stereocenters. The minimum atomic E-state index is -0.501. The van der Waals surface area contributed by atoms with E-state index in [9.17, 15) is 9.59 Å². The van der Waals surface area contributed by atoms with Gasteiger partial charge in [0.25, 0.3) is 5.91 Å². The standard InChI is InChI=1S/C24H26N4O2/c25-23(29)15-8-10-22(28-11-3-4-12-28)21(14-15)27-24(30)16-7-9-20-18(13-16)17-5-1-2-6-19(17)26-20/h7-10,13-14,26H,1-6,11-12H2,(H2,25,29)(H,27,30). The predicted molar refractivity (Wildman–Crippen MR) is 119 cm³/mol. The number of aromatic amines is 1. The Kier molecular flexibility index (Phi) is 4.69. The Morgan fingerprint density at radius 2 is 1.70 bits per heavy atom. The number of fused-ring (bicyclic) bond motifs is 3. The summed E-state index contributed by atoms with van der Waals surface area (Å²) >= 11 is 0. The summed E-state index contributed by atoms with van der Waals surface area (Å²) in [7, 11) is 0. The summed E-state index contributed by atoms with van der Waals surface area (Å²) in [5.74, 6) is -0.677. The number of carbonyl (C=O) groups is 2. The summed E-state index contributed by atoms with van der Waals surface area (Å²) < 4.78 is 0. The fourth-order valence-electron chi connectivity index (χ4n) is 4.76. The van der Waals surface area contributed by atoms with Crippen LogP contribution in [0.15, 0.2) is 36.4 Å². The molecule has 2 aromatic carbocycles. The number of carbonyl (C=O) groups excluding carboxylic acids is 2. The summed E-state index contributed by atoms with van der Waals surface area (Å²) in [5, 5.41) is 4.18. The van der Waals surface area contributed by atoms with Crippen LogP contribution in [-0.4, -0.2) is 29.9 Å². The van der Waals surface area contributed by atoms with Gasteiger partial charge in [0.1, 0.15) is 0 Å². The number of anilines is 2. The number of hydrogen-bond donors (Lipinski definition) is 3. The maximum atomic E-state index is 13.1. The van der Waals surface area contributed by atoms with Crippen molar-refractivity contribution in [2.45, 2.75) is 38.5 Å². The van der Waals surface area contributed by atoms with E-state index in [4.69, 9.17) is 5.73 Å². The molecular weight excluding hydrogens is 376 g/mol. The lowest BCUT2D eigenvalue weighted by molar-refractivity contribution is 0.0996. The summed E-state index contributed by atoms with van der Waals surface area (Å²) in [4.78, 5) is 30.6. The molecule has 0 bridgehead atoms. The van der Waals surface area contributed by atoms with E-state index in [1.807, 2.05) is 24.3 Å². The Morgan fingerprint density at radius 1 is 0.933 bits per heavy atom. The van der Waals surface area contributed by atoms with Crippen LogP contribution in [0, 0.1) is 0 Å². The summed E-state index contributed by atoms with van der Waals surface area (Å²) in [6.07, 6.45) is 6.78. The highest BCUT2D eigenvalue weighted by Gasteiger charge is 2.20. The highest BCUT2D eigenvalue weighted by atomic mass is 16.2. The van der Waals surface area contributed by atoms with Crippen molar-refractivity contribution >= 4 is 34.1 Å². The van der Waals surface area contributed by atoms with Crippen molar-refractivity contribution in [1.82, 2.24) is 4.98 Å². The van der Waals surface area contributed by atoms with E-state index in [0.29, 0.717) is 16.8 Å². The maximum absolute atomic E-state index is 13.1. The Labute approximate surface area is 175 Å². The highest BCUT2D eigenvalue weighted by Crippen LogP contribution is 2.32.